The van der Waals surface area contributed by atoms with Crippen molar-refractivity contribution in [1.82, 2.24) is 10.6 Å². The maximum absolute atomic E-state index is 11.5. The monoisotopic (exact) mass is 284 g/mol. The van der Waals surface area contributed by atoms with Gasteiger partial charge in [-0.3, -0.25) is 20.2 Å². The molecule has 4 amide bonds. The van der Waals surface area contributed by atoms with Crippen LogP contribution in [0.1, 0.15) is 15.9 Å². The Hall–Kier alpha value is -1.70. The smallest absolute Gasteiger partial charge is 0.545 e. The number of hydrogen-bond donors (Lipinski definition) is 2. The van der Waals surface area contributed by atoms with E-state index in [2.05, 4.69) is 0 Å². The molecule has 0 aromatic heterocycles. The Labute approximate surface area is 136 Å². The molecule has 0 unspecified atom stereocenters. The zero-order valence-corrected chi connectivity index (χ0v) is 12.6. The number of barbiturate groups is 1. The fourth-order valence-corrected chi connectivity index (χ4v) is 1.75. The van der Waals surface area contributed by atoms with Gasteiger partial charge in [0.05, 0.1) is 5.97 Å². The van der Waals surface area contributed by atoms with E-state index >= 15 is 0 Å². The molecular formula is C12H9N2NaO5. The summed E-state index contributed by atoms with van der Waals surface area (Å²) < 4.78 is 0. The van der Waals surface area contributed by atoms with E-state index in [9.17, 15) is 24.3 Å². The molecule has 0 radical (unpaired) electrons. The first-order chi connectivity index (χ1) is 8.97. The van der Waals surface area contributed by atoms with E-state index in [1.807, 2.05) is 10.6 Å². The van der Waals surface area contributed by atoms with Gasteiger partial charge in [0, 0.05) is 0 Å². The molecule has 1 heterocycles. The van der Waals surface area contributed by atoms with E-state index in [1.54, 1.807) is 0 Å². The SMILES string of the molecule is O=C1NC(=O)C(Cc2ccc(C(=O)[O-])cc2)C(=O)N1.[Na+]. The fraction of sp³-hybridized carbons (Fsp3) is 0.167. The molecule has 1 aromatic carbocycles. The fourth-order valence-electron chi connectivity index (χ4n) is 1.75. The summed E-state index contributed by atoms with van der Waals surface area (Å²) in [6.07, 6.45) is 0.0816. The van der Waals surface area contributed by atoms with Crippen molar-refractivity contribution >= 4 is 23.8 Å². The van der Waals surface area contributed by atoms with E-state index in [1.165, 1.54) is 24.3 Å². The minimum Gasteiger partial charge on any atom is -0.545 e. The van der Waals surface area contributed by atoms with Crippen molar-refractivity contribution in [3.8, 4) is 0 Å². The van der Waals surface area contributed by atoms with Gasteiger partial charge in [-0.15, -0.1) is 0 Å². The summed E-state index contributed by atoms with van der Waals surface area (Å²) in [5.74, 6) is -3.65. The number of hydrogen-bond acceptors (Lipinski definition) is 5. The molecule has 7 nitrogen and oxygen atoms in total. The number of urea groups is 1. The molecule has 0 bridgehead atoms. The third kappa shape index (κ3) is 3.66. The summed E-state index contributed by atoms with van der Waals surface area (Å²) >= 11 is 0. The molecule has 0 saturated carbocycles. The van der Waals surface area contributed by atoms with Gasteiger partial charge in [-0.1, -0.05) is 24.3 Å². The zero-order chi connectivity index (χ0) is 14.0. The molecule has 0 spiro atoms. The predicted octanol–water partition coefficient (Wildman–Crippen LogP) is -4.42. The number of rotatable bonds is 3. The summed E-state index contributed by atoms with van der Waals surface area (Å²) in [6, 6.07) is 4.80. The summed E-state index contributed by atoms with van der Waals surface area (Å²) in [5.41, 5.74) is 0.617. The predicted molar refractivity (Wildman–Crippen MR) is 59.6 cm³/mol. The Morgan fingerprint density at radius 3 is 2.00 bits per heavy atom. The minimum atomic E-state index is -1.30. The van der Waals surface area contributed by atoms with Crippen LogP contribution in [-0.4, -0.2) is 23.8 Å². The number of carboxylic acid groups (broad SMARTS) is 1. The molecule has 20 heavy (non-hydrogen) atoms. The van der Waals surface area contributed by atoms with Crippen molar-refractivity contribution in [1.29, 1.82) is 0 Å². The summed E-state index contributed by atoms with van der Waals surface area (Å²) in [4.78, 5) is 44.4. The van der Waals surface area contributed by atoms with Crippen molar-refractivity contribution in [2.75, 3.05) is 0 Å². The Morgan fingerprint density at radius 2 is 1.55 bits per heavy atom. The van der Waals surface area contributed by atoms with Crippen LogP contribution in [0.15, 0.2) is 24.3 Å². The van der Waals surface area contributed by atoms with Crippen LogP contribution in [0.5, 0.6) is 0 Å². The van der Waals surface area contributed by atoms with Crippen molar-refractivity contribution in [3.05, 3.63) is 35.4 Å². The summed E-state index contributed by atoms with van der Waals surface area (Å²) in [5, 5.41) is 14.6. The van der Waals surface area contributed by atoms with Gasteiger partial charge in [0.25, 0.3) is 0 Å². The quantitative estimate of drug-likeness (QED) is 0.429. The Morgan fingerprint density at radius 1 is 1.05 bits per heavy atom. The molecule has 8 heteroatoms. The summed E-state index contributed by atoms with van der Waals surface area (Å²) in [6.45, 7) is 0. The van der Waals surface area contributed by atoms with Crippen LogP contribution in [0.2, 0.25) is 0 Å². The normalized spacial score (nSPS) is 15.1. The van der Waals surface area contributed by atoms with Crippen LogP contribution < -0.4 is 45.3 Å². The van der Waals surface area contributed by atoms with Crippen molar-refractivity contribution in [2.24, 2.45) is 5.92 Å². The maximum atomic E-state index is 11.5. The molecule has 98 valence electrons. The molecule has 2 N–H and O–H groups in total. The molecule has 0 atom stereocenters. The number of nitrogens with one attached hydrogen (secondary N) is 2. The minimum absolute atomic E-state index is 0. The van der Waals surface area contributed by atoms with Gasteiger partial charge in [-0.2, -0.15) is 0 Å². The van der Waals surface area contributed by atoms with Crippen LogP contribution >= 0.6 is 0 Å². The number of imide groups is 2. The van der Waals surface area contributed by atoms with Gasteiger partial charge in [0.1, 0.15) is 5.92 Å². The van der Waals surface area contributed by atoms with Gasteiger partial charge in [-0.05, 0) is 17.5 Å². The average Bonchev–Trinajstić information content (AvgIpc) is 2.34. The number of carboxylic acids is 1. The second-order valence-electron chi connectivity index (χ2n) is 4.05. The van der Waals surface area contributed by atoms with Gasteiger partial charge in [0.15, 0.2) is 0 Å². The topological polar surface area (TPSA) is 115 Å². The largest absolute Gasteiger partial charge is 1.00 e. The molecule has 1 aromatic rings. The number of benzene rings is 1. The number of carbonyl (C=O) groups is 4. The van der Waals surface area contributed by atoms with Gasteiger partial charge >= 0.3 is 35.6 Å². The van der Waals surface area contributed by atoms with Crippen molar-refractivity contribution in [3.63, 3.8) is 0 Å². The van der Waals surface area contributed by atoms with Gasteiger partial charge in [0.2, 0.25) is 11.8 Å². The van der Waals surface area contributed by atoms with E-state index in [0.29, 0.717) is 5.56 Å². The van der Waals surface area contributed by atoms with Crippen LogP contribution in [0.25, 0.3) is 0 Å². The van der Waals surface area contributed by atoms with Crippen LogP contribution in [0.3, 0.4) is 0 Å². The molecular weight excluding hydrogens is 275 g/mol. The Bertz CT molecular complexity index is 550. The third-order valence-electron chi connectivity index (χ3n) is 2.74. The molecule has 0 aliphatic carbocycles. The van der Waals surface area contributed by atoms with Gasteiger partial charge < -0.3 is 9.90 Å². The number of amides is 4. The zero-order valence-electron chi connectivity index (χ0n) is 10.6. The first-order valence-electron chi connectivity index (χ1n) is 5.43. The third-order valence-corrected chi connectivity index (χ3v) is 2.74. The van der Waals surface area contributed by atoms with E-state index in [0.717, 1.165) is 0 Å². The average molecular weight is 284 g/mol. The standard InChI is InChI=1S/C12H10N2O5.Na/c15-9-8(10(16)14-12(19)13-9)5-6-1-3-7(4-2-6)11(17)18;/h1-4,8H,5H2,(H,17,18)(H2,13,14,15,16,19);/q;+1/p-1. The first-order valence-corrected chi connectivity index (χ1v) is 5.43. The molecule has 2 rings (SSSR count). The van der Waals surface area contributed by atoms with Crippen LogP contribution in [-0.2, 0) is 16.0 Å². The van der Waals surface area contributed by atoms with Crippen molar-refractivity contribution in [2.45, 2.75) is 6.42 Å². The number of aromatic carboxylic acids is 1. The molecule has 1 aliphatic heterocycles. The van der Waals surface area contributed by atoms with Gasteiger partial charge in [-0.25, -0.2) is 4.79 Å². The van der Waals surface area contributed by atoms with E-state index < -0.39 is 29.7 Å². The Kier molecular flexibility index (Phi) is 5.43. The molecule has 1 fully saturated rings. The molecule has 1 saturated heterocycles. The molecule has 1 aliphatic rings. The number of carbonyl (C=O) groups excluding carboxylic acids is 4. The first kappa shape index (κ1) is 16.4. The maximum Gasteiger partial charge on any atom is 1.00 e. The second-order valence-corrected chi connectivity index (χ2v) is 4.05. The van der Waals surface area contributed by atoms with E-state index in [4.69, 9.17) is 0 Å². The van der Waals surface area contributed by atoms with E-state index in [-0.39, 0.29) is 41.5 Å². The van der Waals surface area contributed by atoms with Crippen molar-refractivity contribution < 1.29 is 53.8 Å². The summed E-state index contributed by atoms with van der Waals surface area (Å²) in [7, 11) is 0. The van der Waals surface area contributed by atoms with Crippen LogP contribution in [0.4, 0.5) is 4.79 Å². The Balaban J connectivity index is 0.00000200. The second kappa shape index (κ2) is 6.65. The van der Waals surface area contributed by atoms with Crippen LogP contribution in [0, 0.1) is 5.92 Å².